The van der Waals surface area contributed by atoms with Crippen molar-refractivity contribution in [2.75, 3.05) is 5.32 Å². The van der Waals surface area contributed by atoms with Gasteiger partial charge >= 0.3 is 0 Å². The summed E-state index contributed by atoms with van der Waals surface area (Å²) in [7, 11) is 0. The van der Waals surface area contributed by atoms with E-state index < -0.39 is 0 Å². The molecule has 0 saturated heterocycles. The molecule has 3 nitrogen and oxygen atoms in total. The molecule has 0 radical (unpaired) electrons. The Hall–Kier alpha value is -1.28. The van der Waals surface area contributed by atoms with E-state index in [1.807, 2.05) is 18.2 Å². The maximum absolute atomic E-state index is 8.84. The molecule has 0 fully saturated rings. The monoisotopic (exact) mass is 341 g/mol. The third-order valence-corrected chi connectivity index (χ3v) is 3.54. The van der Waals surface area contributed by atoms with E-state index in [0.717, 1.165) is 10.2 Å². The molecule has 0 atom stereocenters. The van der Waals surface area contributed by atoms with E-state index in [9.17, 15) is 0 Å². The summed E-state index contributed by atoms with van der Waals surface area (Å²) in [6, 6.07) is 10.5. The van der Waals surface area contributed by atoms with Crippen LogP contribution >= 0.6 is 39.1 Å². The molecule has 90 valence electrons. The SMILES string of the molecule is N#Cc1cc(Cl)nc(Nc2ccc(Br)c(Cl)c2)c1. The summed E-state index contributed by atoms with van der Waals surface area (Å²) in [5, 5.41) is 12.7. The van der Waals surface area contributed by atoms with Crippen LogP contribution in [-0.2, 0) is 0 Å². The first-order valence-corrected chi connectivity index (χ1v) is 6.43. The number of rotatable bonds is 2. The first-order valence-electron chi connectivity index (χ1n) is 4.88. The fraction of sp³-hybridized carbons (Fsp3) is 0. The summed E-state index contributed by atoms with van der Waals surface area (Å²) in [4.78, 5) is 4.08. The minimum Gasteiger partial charge on any atom is -0.340 e. The molecule has 2 aromatic rings. The van der Waals surface area contributed by atoms with E-state index in [-0.39, 0.29) is 5.15 Å². The van der Waals surface area contributed by atoms with Crippen LogP contribution in [0.4, 0.5) is 11.5 Å². The van der Waals surface area contributed by atoms with E-state index in [1.54, 1.807) is 12.1 Å². The number of nitrogens with one attached hydrogen (secondary N) is 1. The molecule has 18 heavy (non-hydrogen) atoms. The number of hydrogen-bond acceptors (Lipinski definition) is 3. The van der Waals surface area contributed by atoms with Gasteiger partial charge in [-0.15, -0.1) is 0 Å². The van der Waals surface area contributed by atoms with Crippen molar-refractivity contribution < 1.29 is 0 Å². The third kappa shape index (κ3) is 3.14. The molecule has 1 heterocycles. The zero-order chi connectivity index (χ0) is 13.1. The van der Waals surface area contributed by atoms with Gasteiger partial charge in [-0.2, -0.15) is 5.26 Å². The molecule has 1 aromatic heterocycles. The zero-order valence-electron chi connectivity index (χ0n) is 8.92. The number of nitriles is 1. The molecule has 1 N–H and O–H groups in total. The third-order valence-electron chi connectivity index (χ3n) is 2.12. The van der Waals surface area contributed by atoms with Gasteiger partial charge in [-0.25, -0.2) is 4.98 Å². The number of nitrogens with zero attached hydrogens (tertiary/aromatic N) is 2. The second kappa shape index (κ2) is 5.57. The highest BCUT2D eigenvalue weighted by Crippen LogP contribution is 2.27. The first kappa shape index (κ1) is 13.2. The standard InChI is InChI=1S/C12H6BrCl2N3/c13-9-2-1-8(5-10(9)14)17-12-4-7(6-16)3-11(15)18-12/h1-5H,(H,17,18). The van der Waals surface area contributed by atoms with Crippen LogP contribution in [0.3, 0.4) is 0 Å². The van der Waals surface area contributed by atoms with Gasteiger partial charge in [0.2, 0.25) is 0 Å². The summed E-state index contributed by atoms with van der Waals surface area (Å²) < 4.78 is 0.812. The highest BCUT2D eigenvalue weighted by atomic mass is 79.9. The van der Waals surface area contributed by atoms with Crippen LogP contribution in [0.15, 0.2) is 34.8 Å². The van der Waals surface area contributed by atoms with Gasteiger partial charge in [-0.1, -0.05) is 23.2 Å². The molecule has 0 spiro atoms. The lowest BCUT2D eigenvalue weighted by Gasteiger charge is -2.07. The Morgan fingerprint density at radius 1 is 1.22 bits per heavy atom. The summed E-state index contributed by atoms with van der Waals surface area (Å²) in [6.07, 6.45) is 0. The van der Waals surface area contributed by atoms with Gasteiger partial charge in [-0.05, 0) is 46.3 Å². The number of aromatic nitrogens is 1. The Bertz CT molecular complexity index is 638. The molecular formula is C12H6BrCl2N3. The van der Waals surface area contributed by atoms with Gasteiger partial charge in [0, 0.05) is 10.2 Å². The van der Waals surface area contributed by atoms with Gasteiger partial charge in [-0.3, -0.25) is 0 Å². The second-order valence-electron chi connectivity index (χ2n) is 3.43. The molecule has 0 aliphatic rings. The summed E-state index contributed by atoms with van der Waals surface area (Å²) >= 11 is 15.1. The molecule has 0 unspecified atom stereocenters. The Morgan fingerprint density at radius 3 is 2.67 bits per heavy atom. The normalized spacial score (nSPS) is 9.89. The van der Waals surface area contributed by atoms with Crippen molar-refractivity contribution in [3.63, 3.8) is 0 Å². The van der Waals surface area contributed by atoms with Crippen LogP contribution < -0.4 is 5.32 Å². The van der Waals surface area contributed by atoms with Gasteiger partial charge < -0.3 is 5.32 Å². The van der Waals surface area contributed by atoms with Crippen molar-refractivity contribution in [3.8, 4) is 6.07 Å². The number of hydrogen-bond donors (Lipinski definition) is 1. The minimum atomic E-state index is 0.264. The largest absolute Gasteiger partial charge is 0.340 e. The van der Waals surface area contributed by atoms with E-state index in [1.165, 1.54) is 6.07 Å². The van der Waals surface area contributed by atoms with E-state index in [0.29, 0.717) is 16.4 Å². The average Bonchev–Trinajstić information content (AvgIpc) is 2.33. The second-order valence-corrected chi connectivity index (χ2v) is 5.08. The molecule has 0 aliphatic carbocycles. The number of halogens is 3. The zero-order valence-corrected chi connectivity index (χ0v) is 12.0. The van der Waals surface area contributed by atoms with E-state index in [4.69, 9.17) is 28.5 Å². The molecule has 0 amide bonds. The fourth-order valence-electron chi connectivity index (χ4n) is 1.35. The topological polar surface area (TPSA) is 48.7 Å². The summed E-state index contributed by atoms with van der Waals surface area (Å²) in [5.74, 6) is 0.498. The van der Waals surface area contributed by atoms with Crippen molar-refractivity contribution in [1.29, 1.82) is 5.26 Å². The molecule has 2 rings (SSSR count). The highest BCUT2D eigenvalue weighted by Gasteiger charge is 2.03. The summed E-state index contributed by atoms with van der Waals surface area (Å²) in [6.45, 7) is 0. The molecule has 0 saturated carbocycles. The van der Waals surface area contributed by atoms with Gasteiger partial charge in [0.1, 0.15) is 11.0 Å². The van der Waals surface area contributed by atoms with Crippen molar-refractivity contribution in [3.05, 3.63) is 50.5 Å². The average molecular weight is 343 g/mol. The van der Waals surface area contributed by atoms with Crippen LogP contribution in [0, 0.1) is 11.3 Å². The number of benzene rings is 1. The van der Waals surface area contributed by atoms with Gasteiger partial charge in [0.25, 0.3) is 0 Å². The smallest absolute Gasteiger partial charge is 0.133 e. The maximum Gasteiger partial charge on any atom is 0.133 e. The van der Waals surface area contributed by atoms with Crippen LogP contribution in [0.5, 0.6) is 0 Å². The van der Waals surface area contributed by atoms with E-state index in [2.05, 4.69) is 26.2 Å². The van der Waals surface area contributed by atoms with Crippen molar-refractivity contribution in [2.24, 2.45) is 0 Å². The van der Waals surface area contributed by atoms with Gasteiger partial charge in [0.15, 0.2) is 0 Å². The van der Waals surface area contributed by atoms with Crippen LogP contribution in [-0.4, -0.2) is 4.98 Å². The lowest BCUT2D eigenvalue weighted by atomic mass is 10.2. The van der Waals surface area contributed by atoms with Crippen molar-refractivity contribution in [1.82, 2.24) is 4.98 Å². The maximum atomic E-state index is 8.84. The van der Waals surface area contributed by atoms with Crippen LogP contribution in [0.1, 0.15) is 5.56 Å². The van der Waals surface area contributed by atoms with Crippen molar-refractivity contribution in [2.45, 2.75) is 0 Å². The van der Waals surface area contributed by atoms with Crippen LogP contribution in [0.2, 0.25) is 10.2 Å². The number of anilines is 2. The molecule has 6 heteroatoms. The lowest BCUT2D eigenvalue weighted by Crippen LogP contribution is -1.94. The first-order chi connectivity index (χ1) is 8.58. The predicted octanol–water partition coefficient (Wildman–Crippen LogP) is 4.77. The van der Waals surface area contributed by atoms with Gasteiger partial charge in [0.05, 0.1) is 16.7 Å². The Morgan fingerprint density at radius 2 is 2.00 bits per heavy atom. The Labute approximate surface area is 122 Å². The quantitative estimate of drug-likeness (QED) is 0.800. The molecular weight excluding hydrogens is 337 g/mol. The highest BCUT2D eigenvalue weighted by molar-refractivity contribution is 9.10. The Balaban J connectivity index is 2.31. The van der Waals surface area contributed by atoms with E-state index >= 15 is 0 Å². The number of pyridine rings is 1. The predicted molar refractivity (Wildman–Crippen MR) is 76.4 cm³/mol. The molecule has 0 aliphatic heterocycles. The minimum absolute atomic E-state index is 0.264. The van der Waals surface area contributed by atoms with Crippen molar-refractivity contribution >= 4 is 50.6 Å². The summed E-state index contributed by atoms with van der Waals surface area (Å²) in [5.41, 5.74) is 1.21. The fourth-order valence-corrected chi connectivity index (χ4v) is 1.98. The molecule has 0 bridgehead atoms. The van der Waals surface area contributed by atoms with Crippen LogP contribution in [0.25, 0.3) is 0 Å². The Kier molecular flexibility index (Phi) is 4.07. The molecule has 1 aromatic carbocycles. The lowest BCUT2D eigenvalue weighted by molar-refractivity contribution is 1.29.